The van der Waals surface area contributed by atoms with Crippen molar-refractivity contribution in [2.45, 2.75) is 19.8 Å². The molecule has 3 nitrogen and oxygen atoms in total. The number of aromatic nitrogens is 1. The van der Waals surface area contributed by atoms with Gasteiger partial charge in [0, 0.05) is 11.5 Å². The summed E-state index contributed by atoms with van der Waals surface area (Å²) >= 11 is 1.67. The first-order valence-corrected chi connectivity index (χ1v) is 6.51. The quantitative estimate of drug-likeness (QED) is 0.846. The Labute approximate surface area is 105 Å². The summed E-state index contributed by atoms with van der Waals surface area (Å²) in [6.45, 7) is 4.64. The van der Waals surface area contributed by atoms with Crippen LogP contribution in [0.2, 0.25) is 0 Å². The molecule has 0 aliphatic carbocycles. The summed E-state index contributed by atoms with van der Waals surface area (Å²) in [5.74, 6) is 0.553. The van der Waals surface area contributed by atoms with Gasteiger partial charge in [-0.15, -0.1) is 11.3 Å². The maximum atomic E-state index is 11.8. The Morgan fingerprint density at radius 3 is 2.88 bits per heavy atom. The minimum atomic E-state index is 0.119. The highest BCUT2D eigenvalue weighted by atomic mass is 32.1. The van der Waals surface area contributed by atoms with E-state index in [0.717, 1.165) is 20.8 Å². The van der Waals surface area contributed by atoms with Gasteiger partial charge in [-0.1, -0.05) is 13.8 Å². The highest BCUT2D eigenvalue weighted by Gasteiger charge is 2.10. The van der Waals surface area contributed by atoms with Gasteiger partial charge in [-0.25, -0.2) is 4.98 Å². The van der Waals surface area contributed by atoms with E-state index in [2.05, 4.69) is 24.1 Å². The molecule has 2 rings (SSSR count). The first-order chi connectivity index (χ1) is 8.11. The summed E-state index contributed by atoms with van der Waals surface area (Å²) in [6.07, 6.45) is 0. The lowest BCUT2D eigenvalue weighted by Gasteiger charge is -1.99. The van der Waals surface area contributed by atoms with E-state index in [-0.39, 0.29) is 5.78 Å². The number of carbonyl (C=O) groups excluding carboxylic acids is 1. The van der Waals surface area contributed by atoms with E-state index in [4.69, 9.17) is 0 Å². The van der Waals surface area contributed by atoms with Gasteiger partial charge in [0.25, 0.3) is 0 Å². The van der Waals surface area contributed by atoms with E-state index < -0.39 is 0 Å². The number of thiazole rings is 1. The first-order valence-electron chi connectivity index (χ1n) is 5.70. The summed E-state index contributed by atoms with van der Waals surface area (Å²) < 4.78 is 1.09. The Morgan fingerprint density at radius 1 is 1.47 bits per heavy atom. The lowest BCUT2D eigenvalue weighted by molar-refractivity contribution is 0.0994. The Morgan fingerprint density at radius 2 is 2.24 bits per heavy atom. The van der Waals surface area contributed by atoms with Crippen LogP contribution in [0.15, 0.2) is 18.2 Å². The van der Waals surface area contributed by atoms with Crippen LogP contribution < -0.4 is 5.32 Å². The van der Waals surface area contributed by atoms with Gasteiger partial charge in [0.15, 0.2) is 5.78 Å². The lowest BCUT2D eigenvalue weighted by Crippen LogP contribution is -2.18. The van der Waals surface area contributed by atoms with Crippen LogP contribution in [-0.4, -0.2) is 24.4 Å². The second-order valence-corrected chi connectivity index (χ2v) is 5.41. The van der Waals surface area contributed by atoms with Gasteiger partial charge in [0.1, 0.15) is 0 Å². The molecule has 4 heteroatoms. The molecule has 1 aromatic heterocycles. The largest absolute Gasteiger partial charge is 0.313 e. The molecule has 0 fully saturated rings. The number of ketones is 1. The molecule has 0 atom stereocenters. The number of nitrogens with zero attached hydrogens (tertiary/aromatic N) is 1. The van der Waals surface area contributed by atoms with E-state index >= 15 is 0 Å². The Kier molecular flexibility index (Phi) is 3.54. The van der Waals surface area contributed by atoms with Crippen molar-refractivity contribution in [3.05, 3.63) is 28.8 Å². The minimum absolute atomic E-state index is 0.119. The number of carbonyl (C=O) groups is 1. The predicted molar refractivity (Wildman–Crippen MR) is 72.0 cm³/mol. The summed E-state index contributed by atoms with van der Waals surface area (Å²) in [6, 6.07) is 5.73. The normalized spacial score (nSPS) is 11.3. The number of hydrogen-bond donors (Lipinski definition) is 1. The van der Waals surface area contributed by atoms with Crippen LogP contribution in [0, 0.1) is 0 Å². The molecular formula is C13H16N2OS. The number of rotatable bonds is 4. The van der Waals surface area contributed by atoms with Crippen LogP contribution in [0.1, 0.15) is 35.1 Å². The highest BCUT2D eigenvalue weighted by molar-refractivity contribution is 7.18. The molecule has 0 spiro atoms. The van der Waals surface area contributed by atoms with Gasteiger partial charge in [0.05, 0.1) is 21.8 Å². The van der Waals surface area contributed by atoms with Crippen LogP contribution in [0.5, 0.6) is 0 Å². The zero-order valence-corrected chi connectivity index (χ0v) is 11.1. The van der Waals surface area contributed by atoms with E-state index in [1.165, 1.54) is 0 Å². The lowest BCUT2D eigenvalue weighted by atomic mass is 10.1. The molecule has 1 heterocycles. The molecule has 1 aromatic carbocycles. The van der Waals surface area contributed by atoms with Crippen LogP contribution >= 0.6 is 11.3 Å². The van der Waals surface area contributed by atoms with Crippen LogP contribution in [-0.2, 0) is 0 Å². The Bertz CT molecular complexity index is 545. The number of fused-ring (bicyclic) bond motifs is 1. The van der Waals surface area contributed by atoms with Crippen molar-refractivity contribution in [3.63, 3.8) is 0 Å². The molecule has 0 bridgehead atoms. The number of benzene rings is 1. The molecular weight excluding hydrogens is 232 g/mol. The SMILES string of the molecule is CNCC(=O)c1ccc2nc(C(C)C)sc2c1. The smallest absolute Gasteiger partial charge is 0.176 e. The van der Waals surface area contributed by atoms with Crippen molar-refractivity contribution >= 4 is 27.3 Å². The summed E-state index contributed by atoms with van der Waals surface area (Å²) in [7, 11) is 1.78. The van der Waals surface area contributed by atoms with Gasteiger partial charge < -0.3 is 5.32 Å². The second-order valence-electron chi connectivity index (χ2n) is 4.34. The monoisotopic (exact) mass is 248 g/mol. The zero-order chi connectivity index (χ0) is 12.4. The molecule has 90 valence electrons. The molecule has 0 unspecified atom stereocenters. The number of likely N-dealkylation sites (N-methyl/N-ethyl adjacent to an activating group) is 1. The van der Waals surface area contributed by atoms with Crippen LogP contribution in [0.3, 0.4) is 0 Å². The van der Waals surface area contributed by atoms with E-state index in [1.807, 2.05) is 18.2 Å². The fourth-order valence-electron chi connectivity index (χ4n) is 1.63. The number of Topliss-reactive ketones (excluding diaryl/α,β-unsaturated/α-hetero) is 1. The van der Waals surface area contributed by atoms with Gasteiger partial charge in [-0.05, 0) is 25.2 Å². The molecule has 0 aliphatic rings. The van der Waals surface area contributed by atoms with Gasteiger partial charge >= 0.3 is 0 Å². The van der Waals surface area contributed by atoms with Crippen molar-refractivity contribution in [2.24, 2.45) is 0 Å². The molecule has 0 saturated heterocycles. The van der Waals surface area contributed by atoms with Gasteiger partial charge in [-0.3, -0.25) is 4.79 Å². The average molecular weight is 248 g/mol. The first kappa shape index (κ1) is 12.2. The summed E-state index contributed by atoms with van der Waals surface area (Å²) in [4.78, 5) is 16.3. The molecule has 17 heavy (non-hydrogen) atoms. The third kappa shape index (κ3) is 2.53. The van der Waals surface area contributed by atoms with Crippen LogP contribution in [0.4, 0.5) is 0 Å². The van der Waals surface area contributed by atoms with Crippen molar-refractivity contribution in [2.75, 3.05) is 13.6 Å². The topological polar surface area (TPSA) is 42.0 Å². The third-order valence-electron chi connectivity index (χ3n) is 2.56. The number of hydrogen-bond acceptors (Lipinski definition) is 4. The predicted octanol–water partition coefficient (Wildman–Crippen LogP) is 2.82. The van der Waals surface area contributed by atoms with E-state index in [1.54, 1.807) is 18.4 Å². The van der Waals surface area contributed by atoms with Crippen molar-refractivity contribution in [1.29, 1.82) is 0 Å². The fraction of sp³-hybridized carbons (Fsp3) is 0.385. The minimum Gasteiger partial charge on any atom is -0.313 e. The highest BCUT2D eigenvalue weighted by Crippen LogP contribution is 2.27. The molecule has 0 amide bonds. The standard InChI is InChI=1S/C13H16N2OS/c1-8(2)13-15-10-5-4-9(6-12(10)17-13)11(16)7-14-3/h4-6,8,14H,7H2,1-3H3. The maximum Gasteiger partial charge on any atom is 0.176 e. The molecule has 0 aliphatic heterocycles. The molecule has 1 N–H and O–H groups in total. The Hall–Kier alpha value is -1.26. The number of nitrogens with one attached hydrogen (secondary N) is 1. The second kappa shape index (κ2) is 4.94. The van der Waals surface area contributed by atoms with Crippen LogP contribution in [0.25, 0.3) is 10.2 Å². The van der Waals surface area contributed by atoms with E-state index in [9.17, 15) is 4.79 Å². The molecule has 2 aromatic rings. The van der Waals surface area contributed by atoms with Gasteiger partial charge in [0.2, 0.25) is 0 Å². The van der Waals surface area contributed by atoms with Crippen molar-refractivity contribution in [3.8, 4) is 0 Å². The third-order valence-corrected chi connectivity index (χ3v) is 3.88. The van der Waals surface area contributed by atoms with Crippen molar-refractivity contribution < 1.29 is 4.79 Å². The Balaban J connectivity index is 2.40. The van der Waals surface area contributed by atoms with Crippen molar-refractivity contribution in [1.82, 2.24) is 10.3 Å². The maximum absolute atomic E-state index is 11.8. The molecule has 0 saturated carbocycles. The van der Waals surface area contributed by atoms with E-state index in [0.29, 0.717) is 12.5 Å². The summed E-state index contributed by atoms with van der Waals surface area (Å²) in [5, 5.41) is 4.00. The fourth-order valence-corrected chi connectivity index (χ4v) is 2.63. The average Bonchev–Trinajstić information content (AvgIpc) is 2.71. The molecule has 0 radical (unpaired) electrons. The zero-order valence-electron chi connectivity index (χ0n) is 10.3. The van der Waals surface area contributed by atoms with Gasteiger partial charge in [-0.2, -0.15) is 0 Å². The summed E-state index contributed by atoms with van der Waals surface area (Å²) in [5.41, 5.74) is 1.74.